The van der Waals surface area contributed by atoms with Gasteiger partial charge in [-0.25, -0.2) is 0 Å². The number of hydrogen-bond donors (Lipinski definition) is 1. The molecule has 0 radical (unpaired) electrons. The van der Waals surface area contributed by atoms with Gasteiger partial charge in [-0.1, -0.05) is 6.07 Å². The minimum absolute atomic E-state index is 0.694. The normalized spacial score (nSPS) is 27.5. The van der Waals surface area contributed by atoms with Crippen LogP contribution in [0.4, 0.5) is 0 Å². The molecule has 1 aromatic heterocycles. The molecule has 1 aliphatic heterocycles. The van der Waals surface area contributed by atoms with E-state index >= 15 is 0 Å². The van der Waals surface area contributed by atoms with Crippen molar-refractivity contribution in [3.63, 3.8) is 0 Å². The first-order valence-electron chi connectivity index (χ1n) is 6.84. The molecule has 3 rings (SSSR count). The summed E-state index contributed by atoms with van der Waals surface area (Å²) in [5.41, 5.74) is 0. The molecule has 1 saturated heterocycles. The van der Waals surface area contributed by atoms with Gasteiger partial charge in [0.1, 0.15) is 0 Å². The number of nitrogens with one attached hydrogen (secondary N) is 1. The monoisotopic (exact) mass is 250 g/mol. The highest BCUT2D eigenvalue weighted by molar-refractivity contribution is 7.09. The molecular formula is C14H22N2S. The number of rotatable bonds is 5. The third kappa shape index (κ3) is 3.09. The average Bonchev–Trinajstić information content (AvgIpc) is 2.81. The van der Waals surface area contributed by atoms with Crippen LogP contribution in [-0.4, -0.2) is 36.1 Å². The van der Waals surface area contributed by atoms with Crippen LogP contribution in [0.1, 0.15) is 31.1 Å². The maximum atomic E-state index is 3.76. The lowest BCUT2D eigenvalue weighted by Gasteiger charge is -2.24. The molecule has 1 aliphatic carbocycles. The molecular weight excluding hydrogens is 228 g/mol. The van der Waals surface area contributed by atoms with Crippen molar-refractivity contribution in [3.05, 3.63) is 22.4 Å². The van der Waals surface area contributed by atoms with Crippen LogP contribution in [0.2, 0.25) is 0 Å². The van der Waals surface area contributed by atoms with Gasteiger partial charge in [0.25, 0.3) is 0 Å². The Labute approximate surface area is 108 Å². The molecule has 2 heterocycles. The zero-order valence-corrected chi connectivity index (χ0v) is 11.4. The maximum absolute atomic E-state index is 3.76. The lowest BCUT2D eigenvalue weighted by molar-refractivity contribution is 0.251. The Bertz CT molecular complexity index is 345. The zero-order valence-electron chi connectivity index (χ0n) is 10.6. The van der Waals surface area contributed by atoms with Crippen LogP contribution >= 0.6 is 11.3 Å². The highest BCUT2D eigenvalue weighted by Crippen LogP contribution is 2.23. The largest absolute Gasteiger partial charge is 0.310 e. The minimum atomic E-state index is 0.694. The second-order valence-corrected chi connectivity index (χ2v) is 6.59. The SMILES string of the molecule is CC(Cc1cccs1)N1CCC(NC2CC2)C1. The van der Waals surface area contributed by atoms with Crippen molar-refractivity contribution in [2.75, 3.05) is 13.1 Å². The summed E-state index contributed by atoms with van der Waals surface area (Å²) in [6.45, 7) is 4.90. The van der Waals surface area contributed by atoms with Gasteiger partial charge in [-0.15, -0.1) is 11.3 Å². The molecule has 1 saturated carbocycles. The molecule has 2 nitrogen and oxygen atoms in total. The first kappa shape index (κ1) is 11.7. The summed E-state index contributed by atoms with van der Waals surface area (Å²) in [5, 5.41) is 5.94. The second-order valence-electron chi connectivity index (χ2n) is 5.55. The van der Waals surface area contributed by atoms with Crippen molar-refractivity contribution in [2.45, 2.75) is 50.7 Å². The Kier molecular flexibility index (Phi) is 3.50. The summed E-state index contributed by atoms with van der Waals surface area (Å²) in [4.78, 5) is 4.18. The van der Waals surface area contributed by atoms with Crippen LogP contribution in [-0.2, 0) is 6.42 Å². The molecule has 0 spiro atoms. The summed E-state index contributed by atoms with van der Waals surface area (Å²) >= 11 is 1.89. The van der Waals surface area contributed by atoms with Crippen LogP contribution in [0.3, 0.4) is 0 Å². The first-order valence-corrected chi connectivity index (χ1v) is 7.71. The fourth-order valence-corrected chi connectivity index (χ4v) is 3.58. The van der Waals surface area contributed by atoms with Gasteiger partial charge in [0.05, 0.1) is 0 Å². The van der Waals surface area contributed by atoms with E-state index in [-0.39, 0.29) is 0 Å². The van der Waals surface area contributed by atoms with Crippen LogP contribution in [0.5, 0.6) is 0 Å². The van der Waals surface area contributed by atoms with Crippen LogP contribution in [0.15, 0.2) is 17.5 Å². The first-order chi connectivity index (χ1) is 8.31. The van der Waals surface area contributed by atoms with Crippen molar-refractivity contribution in [2.24, 2.45) is 0 Å². The Hall–Kier alpha value is -0.380. The average molecular weight is 250 g/mol. The molecule has 0 bridgehead atoms. The van der Waals surface area contributed by atoms with Crippen LogP contribution < -0.4 is 5.32 Å². The zero-order chi connectivity index (χ0) is 11.7. The molecule has 3 heteroatoms. The highest BCUT2D eigenvalue weighted by Gasteiger charge is 2.30. The Balaban J connectivity index is 1.47. The van der Waals surface area contributed by atoms with Gasteiger partial charge in [0.2, 0.25) is 0 Å². The fourth-order valence-electron chi connectivity index (χ4n) is 2.76. The third-order valence-corrected chi connectivity index (χ3v) is 4.87. The maximum Gasteiger partial charge on any atom is 0.0209 e. The summed E-state index contributed by atoms with van der Waals surface area (Å²) < 4.78 is 0. The van der Waals surface area contributed by atoms with Gasteiger partial charge in [-0.3, -0.25) is 4.90 Å². The fraction of sp³-hybridized carbons (Fsp3) is 0.714. The van der Waals surface area contributed by atoms with Crippen molar-refractivity contribution in [1.29, 1.82) is 0 Å². The Morgan fingerprint density at radius 2 is 2.29 bits per heavy atom. The lowest BCUT2D eigenvalue weighted by Crippen LogP contribution is -2.37. The molecule has 1 aromatic rings. The van der Waals surface area contributed by atoms with E-state index in [1.807, 2.05) is 11.3 Å². The van der Waals surface area contributed by atoms with E-state index in [1.165, 1.54) is 43.6 Å². The van der Waals surface area contributed by atoms with Crippen molar-refractivity contribution >= 4 is 11.3 Å². The van der Waals surface area contributed by atoms with E-state index in [4.69, 9.17) is 0 Å². The number of likely N-dealkylation sites (tertiary alicyclic amines) is 1. The smallest absolute Gasteiger partial charge is 0.0209 e. The molecule has 0 amide bonds. The molecule has 2 atom stereocenters. The Morgan fingerprint density at radius 3 is 3.00 bits per heavy atom. The van der Waals surface area contributed by atoms with E-state index in [1.54, 1.807) is 0 Å². The lowest BCUT2D eigenvalue weighted by atomic mass is 10.2. The predicted octanol–water partition coefficient (Wildman–Crippen LogP) is 2.51. The van der Waals surface area contributed by atoms with Gasteiger partial charge < -0.3 is 5.32 Å². The van der Waals surface area contributed by atoms with Gasteiger partial charge in [-0.2, -0.15) is 0 Å². The van der Waals surface area contributed by atoms with Gasteiger partial charge in [0.15, 0.2) is 0 Å². The van der Waals surface area contributed by atoms with Gasteiger partial charge in [-0.05, 0) is 44.1 Å². The summed E-state index contributed by atoms with van der Waals surface area (Å²) in [6.07, 6.45) is 5.36. The van der Waals surface area contributed by atoms with E-state index in [0.29, 0.717) is 6.04 Å². The van der Waals surface area contributed by atoms with E-state index in [9.17, 15) is 0 Å². The number of nitrogens with zero attached hydrogens (tertiary/aromatic N) is 1. The molecule has 17 heavy (non-hydrogen) atoms. The predicted molar refractivity (Wildman–Crippen MR) is 73.6 cm³/mol. The minimum Gasteiger partial charge on any atom is -0.310 e. The van der Waals surface area contributed by atoms with Crippen molar-refractivity contribution in [3.8, 4) is 0 Å². The molecule has 2 aliphatic rings. The molecule has 0 aromatic carbocycles. The van der Waals surface area contributed by atoms with Crippen molar-refractivity contribution in [1.82, 2.24) is 10.2 Å². The standard InChI is InChI=1S/C14H22N2S/c1-11(9-14-3-2-8-17-14)16-7-6-13(10-16)15-12-4-5-12/h2-3,8,11-13,15H,4-7,9-10H2,1H3. The molecule has 1 N–H and O–H groups in total. The molecule has 94 valence electrons. The second kappa shape index (κ2) is 5.09. The summed E-state index contributed by atoms with van der Waals surface area (Å²) in [6, 6.07) is 6.73. The topological polar surface area (TPSA) is 15.3 Å². The number of hydrogen-bond acceptors (Lipinski definition) is 3. The van der Waals surface area contributed by atoms with Crippen LogP contribution in [0.25, 0.3) is 0 Å². The summed E-state index contributed by atoms with van der Waals surface area (Å²) in [7, 11) is 0. The van der Waals surface area contributed by atoms with E-state index in [2.05, 4.69) is 34.7 Å². The van der Waals surface area contributed by atoms with Crippen molar-refractivity contribution < 1.29 is 0 Å². The quantitative estimate of drug-likeness (QED) is 0.864. The third-order valence-electron chi connectivity index (χ3n) is 3.97. The van der Waals surface area contributed by atoms with Gasteiger partial charge >= 0.3 is 0 Å². The van der Waals surface area contributed by atoms with Gasteiger partial charge in [0, 0.05) is 36.1 Å². The van der Waals surface area contributed by atoms with E-state index < -0.39 is 0 Å². The number of thiophene rings is 1. The summed E-state index contributed by atoms with van der Waals surface area (Å²) in [5.74, 6) is 0. The molecule has 2 fully saturated rings. The highest BCUT2D eigenvalue weighted by atomic mass is 32.1. The van der Waals surface area contributed by atoms with Crippen LogP contribution in [0, 0.1) is 0 Å². The molecule has 2 unspecified atom stereocenters. The van der Waals surface area contributed by atoms with E-state index in [0.717, 1.165) is 12.1 Å². The Morgan fingerprint density at radius 1 is 1.41 bits per heavy atom.